The first-order chi connectivity index (χ1) is 3.84. The first kappa shape index (κ1) is 5.22. The average Bonchev–Trinajstić information content (AvgIpc) is 2.14. The van der Waals surface area contributed by atoms with Crippen molar-refractivity contribution in [2.75, 3.05) is 7.11 Å². The quantitative estimate of drug-likeness (QED) is 0.581. The molecule has 0 radical (unpaired) electrons. The summed E-state index contributed by atoms with van der Waals surface area (Å²) in [5.74, 6) is 0.852. The van der Waals surface area contributed by atoms with E-state index in [0.717, 1.165) is 11.4 Å². The molecule has 0 unspecified atom stereocenters. The fourth-order valence-corrected chi connectivity index (χ4v) is 0.652. The second-order valence-corrected chi connectivity index (χ2v) is 1.69. The van der Waals surface area contributed by atoms with Crippen molar-refractivity contribution in [2.24, 2.45) is 0 Å². The van der Waals surface area contributed by atoms with Crippen LogP contribution < -0.4 is 4.74 Å². The van der Waals surface area contributed by atoms with E-state index in [4.69, 9.17) is 4.74 Å². The molecular weight excluding hydrogens is 102 g/mol. The van der Waals surface area contributed by atoms with Gasteiger partial charge in [-0.25, -0.2) is 0 Å². The van der Waals surface area contributed by atoms with Gasteiger partial charge in [0.2, 0.25) is 0 Å². The van der Waals surface area contributed by atoms with Crippen LogP contribution >= 0.6 is 0 Å². The first-order valence-electron chi connectivity index (χ1n) is 2.52. The second-order valence-electron chi connectivity index (χ2n) is 1.69. The number of aromatic amines is 1. The summed E-state index contributed by atoms with van der Waals surface area (Å²) in [5, 5.41) is 0. The first-order valence-corrected chi connectivity index (χ1v) is 2.52. The van der Waals surface area contributed by atoms with Crippen molar-refractivity contribution in [3.63, 3.8) is 0 Å². The Morgan fingerprint density at radius 2 is 2.38 bits per heavy atom. The third-order valence-corrected chi connectivity index (χ3v) is 1.11. The molecule has 0 bridgehead atoms. The van der Waals surface area contributed by atoms with Crippen LogP contribution in [-0.4, -0.2) is 12.1 Å². The van der Waals surface area contributed by atoms with Gasteiger partial charge in [-0.3, -0.25) is 0 Å². The average molecular weight is 111 g/mol. The zero-order valence-electron chi connectivity index (χ0n) is 5.06. The maximum absolute atomic E-state index is 4.93. The molecule has 0 fully saturated rings. The standard InChI is InChI=1S/C6H9NO/c1-5-3-4-7-6(5)8-2/h3-4,7H,1-2H3. The Hall–Kier alpha value is -0.920. The van der Waals surface area contributed by atoms with E-state index in [-0.39, 0.29) is 0 Å². The summed E-state index contributed by atoms with van der Waals surface area (Å²) in [5.41, 5.74) is 1.15. The van der Waals surface area contributed by atoms with E-state index in [1.807, 2.05) is 19.2 Å². The molecule has 1 heterocycles. The molecule has 1 rings (SSSR count). The SMILES string of the molecule is COc1[nH]ccc1C. The summed E-state index contributed by atoms with van der Waals surface area (Å²) in [4.78, 5) is 2.93. The van der Waals surface area contributed by atoms with Gasteiger partial charge >= 0.3 is 0 Å². The van der Waals surface area contributed by atoms with Crippen molar-refractivity contribution in [1.29, 1.82) is 0 Å². The molecule has 1 aromatic heterocycles. The Kier molecular flexibility index (Phi) is 1.24. The maximum atomic E-state index is 4.93. The van der Waals surface area contributed by atoms with Crippen LogP contribution in [0.25, 0.3) is 0 Å². The summed E-state index contributed by atoms with van der Waals surface area (Å²) in [6.07, 6.45) is 1.86. The molecule has 0 aliphatic heterocycles. The fourth-order valence-electron chi connectivity index (χ4n) is 0.652. The number of methoxy groups -OCH3 is 1. The largest absolute Gasteiger partial charge is 0.482 e. The van der Waals surface area contributed by atoms with E-state index in [2.05, 4.69) is 4.98 Å². The number of hydrogen-bond acceptors (Lipinski definition) is 1. The van der Waals surface area contributed by atoms with Gasteiger partial charge in [-0.05, 0) is 13.0 Å². The highest BCUT2D eigenvalue weighted by molar-refractivity contribution is 5.23. The number of hydrogen-bond donors (Lipinski definition) is 1. The summed E-state index contributed by atoms with van der Waals surface area (Å²) in [7, 11) is 1.65. The summed E-state index contributed by atoms with van der Waals surface area (Å²) in [6.45, 7) is 2.00. The van der Waals surface area contributed by atoms with Gasteiger partial charge in [-0.1, -0.05) is 0 Å². The maximum Gasteiger partial charge on any atom is 0.193 e. The van der Waals surface area contributed by atoms with Crippen LogP contribution in [0.4, 0.5) is 0 Å². The van der Waals surface area contributed by atoms with Crippen molar-refractivity contribution < 1.29 is 4.74 Å². The number of H-pyrrole nitrogens is 1. The van der Waals surface area contributed by atoms with Crippen molar-refractivity contribution >= 4 is 0 Å². The number of aryl methyl sites for hydroxylation is 1. The molecule has 0 aliphatic carbocycles. The predicted molar refractivity (Wildman–Crippen MR) is 32.1 cm³/mol. The van der Waals surface area contributed by atoms with Gasteiger partial charge in [0.1, 0.15) is 0 Å². The van der Waals surface area contributed by atoms with Gasteiger partial charge in [-0.15, -0.1) is 0 Å². The van der Waals surface area contributed by atoms with Crippen LogP contribution in [-0.2, 0) is 0 Å². The van der Waals surface area contributed by atoms with Crippen molar-refractivity contribution in [3.05, 3.63) is 17.8 Å². The van der Waals surface area contributed by atoms with Crippen LogP contribution in [0.5, 0.6) is 5.88 Å². The highest BCUT2D eigenvalue weighted by Gasteiger charge is 1.93. The minimum Gasteiger partial charge on any atom is -0.482 e. The molecule has 1 N–H and O–H groups in total. The molecule has 0 amide bonds. The van der Waals surface area contributed by atoms with Crippen LogP contribution in [0, 0.1) is 6.92 Å². The smallest absolute Gasteiger partial charge is 0.193 e. The van der Waals surface area contributed by atoms with Gasteiger partial charge in [-0.2, -0.15) is 0 Å². The lowest BCUT2D eigenvalue weighted by Gasteiger charge is -1.93. The molecule has 0 aliphatic rings. The van der Waals surface area contributed by atoms with Gasteiger partial charge in [0, 0.05) is 11.8 Å². The van der Waals surface area contributed by atoms with E-state index in [9.17, 15) is 0 Å². The highest BCUT2D eigenvalue weighted by atomic mass is 16.5. The zero-order chi connectivity index (χ0) is 5.98. The number of aromatic nitrogens is 1. The molecule has 44 valence electrons. The van der Waals surface area contributed by atoms with E-state index in [1.54, 1.807) is 7.11 Å². The Bertz CT molecular complexity index is 169. The predicted octanol–water partition coefficient (Wildman–Crippen LogP) is 1.33. The minimum atomic E-state index is 0.852. The van der Waals surface area contributed by atoms with Crippen LogP contribution in [0.3, 0.4) is 0 Å². The van der Waals surface area contributed by atoms with Crippen LogP contribution in [0.15, 0.2) is 12.3 Å². The molecule has 1 aromatic rings. The summed E-state index contributed by atoms with van der Waals surface area (Å²) >= 11 is 0. The molecule has 0 atom stereocenters. The van der Waals surface area contributed by atoms with Gasteiger partial charge < -0.3 is 9.72 Å². The normalized spacial score (nSPS) is 9.25. The summed E-state index contributed by atoms with van der Waals surface area (Å²) < 4.78 is 4.93. The fraction of sp³-hybridized carbons (Fsp3) is 0.333. The van der Waals surface area contributed by atoms with E-state index in [0.29, 0.717) is 0 Å². The lowest BCUT2D eigenvalue weighted by atomic mass is 10.4. The van der Waals surface area contributed by atoms with Crippen LogP contribution in [0.2, 0.25) is 0 Å². The van der Waals surface area contributed by atoms with E-state index >= 15 is 0 Å². The molecule has 2 nitrogen and oxygen atoms in total. The van der Waals surface area contributed by atoms with Crippen LogP contribution in [0.1, 0.15) is 5.56 Å². The van der Waals surface area contributed by atoms with E-state index < -0.39 is 0 Å². The monoisotopic (exact) mass is 111 g/mol. The molecule has 0 saturated carbocycles. The number of nitrogens with one attached hydrogen (secondary N) is 1. The zero-order valence-corrected chi connectivity index (χ0v) is 5.06. The van der Waals surface area contributed by atoms with Gasteiger partial charge in [0.25, 0.3) is 0 Å². The van der Waals surface area contributed by atoms with Gasteiger partial charge in [0.15, 0.2) is 5.88 Å². The third kappa shape index (κ3) is 0.689. The van der Waals surface area contributed by atoms with E-state index in [1.165, 1.54) is 0 Å². The highest BCUT2D eigenvalue weighted by Crippen LogP contribution is 2.11. The Balaban J connectivity index is 2.92. The lowest BCUT2D eigenvalue weighted by Crippen LogP contribution is -1.82. The van der Waals surface area contributed by atoms with Crippen molar-refractivity contribution in [1.82, 2.24) is 4.98 Å². The summed E-state index contributed by atoms with van der Waals surface area (Å²) in [6, 6.07) is 1.97. The lowest BCUT2D eigenvalue weighted by molar-refractivity contribution is 0.397. The number of rotatable bonds is 1. The molecular formula is C6H9NO. The molecule has 8 heavy (non-hydrogen) atoms. The Morgan fingerprint density at radius 3 is 2.62 bits per heavy atom. The molecule has 2 heteroatoms. The Labute approximate surface area is 48.5 Å². The topological polar surface area (TPSA) is 25.0 Å². The third-order valence-electron chi connectivity index (χ3n) is 1.11. The Morgan fingerprint density at radius 1 is 1.62 bits per heavy atom. The van der Waals surface area contributed by atoms with Crippen molar-refractivity contribution in [3.8, 4) is 5.88 Å². The van der Waals surface area contributed by atoms with Crippen molar-refractivity contribution in [2.45, 2.75) is 6.92 Å². The molecule has 0 spiro atoms. The second kappa shape index (κ2) is 1.90. The number of ether oxygens (including phenoxy) is 1. The molecule has 0 saturated heterocycles. The molecule has 0 aromatic carbocycles. The van der Waals surface area contributed by atoms with Gasteiger partial charge in [0.05, 0.1) is 7.11 Å². The minimum absolute atomic E-state index is 0.852.